The molecule has 0 aromatic heterocycles. The number of hydrogen-bond donors (Lipinski definition) is 0. The first-order valence-corrected chi connectivity index (χ1v) is 3.83. The summed E-state index contributed by atoms with van der Waals surface area (Å²) in [5.74, 6) is -0.309. The number of esters is 1. The molecule has 11 heavy (non-hydrogen) atoms. The molecule has 0 N–H and O–H groups in total. The first-order chi connectivity index (χ1) is 5.31. The van der Waals surface area contributed by atoms with Crippen molar-refractivity contribution in [2.75, 3.05) is 0 Å². The second kappa shape index (κ2) is 7.06. The largest absolute Gasteiger partial charge is 0.432 e. The van der Waals surface area contributed by atoms with E-state index in [9.17, 15) is 4.79 Å². The van der Waals surface area contributed by atoms with Crippen molar-refractivity contribution in [2.24, 2.45) is 0 Å². The van der Waals surface area contributed by atoms with E-state index in [4.69, 9.17) is 0 Å². The molecular formula is C9H14O2. The van der Waals surface area contributed by atoms with Crippen LogP contribution in [0.4, 0.5) is 0 Å². The Morgan fingerprint density at radius 1 is 1.27 bits per heavy atom. The monoisotopic (exact) mass is 154 g/mol. The molecule has 0 unspecified atom stereocenters. The Bertz CT molecular complexity index is 157. The third-order valence-corrected chi connectivity index (χ3v) is 1.01. The third-order valence-electron chi connectivity index (χ3n) is 1.01. The molecule has 2 heteroatoms. The molecule has 0 amide bonds. The molecule has 0 aromatic carbocycles. The van der Waals surface area contributed by atoms with Crippen molar-refractivity contribution in [3.8, 4) is 0 Å². The van der Waals surface area contributed by atoms with Gasteiger partial charge in [0.05, 0.1) is 6.26 Å². The molecule has 0 saturated carbocycles. The molecule has 0 aliphatic rings. The van der Waals surface area contributed by atoms with Crippen LogP contribution >= 0.6 is 0 Å². The Balaban J connectivity index is 3.53. The topological polar surface area (TPSA) is 26.3 Å². The SMILES string of the molecule is CCC=COC(=O)C=CCC. The van der Waals surface area contributed by atoms with Gasteiger partial charge in [-0.05, 0) is 18.9 Å². The van der Waals surface area contributed by atoms with E-state index in [-0.39, 0.29) is 5.97 Å². The standard InChI is InChI=1S/C9H14O2/c1-3-5-7-9(10)11-8-6-4-2/h5-8H,3-4H2,1-2H3. The number of carbonyl (C=O) groups is 1. The van der Waals surface area contributed by atoms with Gasteiger partial charge in [0, 0.05) is 6.08 Å². The molecule has 0 radical (unpaired) electrons. The van der Waals surface area contributed by atoms with Crippen LogP contribution in [0.5, 0.6) is 0 Å². The van der Waals surface area contributed by atoms with E-state index < -0.39 is 0 Å². The molecule has 0 aliphatic carbocycles. The van der Waals surface area contributed by atoms with Crippen molar-refractivity contribution in [1.82, 2.24) is 0 Å². The molecule has 0 atom stereocenters. The maximum Gasteiger partial charge on any atom is 0.335 e. The lowest BCUT2D eigenvalue weighted by molar-refractivity contribution is -0.132. The first kappa shape index (κ1) is 9.95. The molecule has 0 saturated heterocycles. The lowest BCUT2D eigenvalue weighted by Crippen LogP contribution is -1.92. The van der Waals surface area contributed by atoms with Gasteiger partial charge < -0.3 is 4.74 Å². The lowest BCUT2D eigenvalue weighted by atomic mass is 10.4. The maximum absolute atomic E-state index is 10.7. The minimum Gasteiger partial charge on any atom is -0.432 e. The second-order valence-electron chi connectivity index (χ2n) is 2.03. The summed E-state index contributed by atoms with van der Waals surface area (Å²) in [5.41, 5.74) is 0. The van der Waals surface area contributed by atoms with Crippen LogP contribution in [0.2, 0.25) is 0 Å². The molecule has 0 rings (SSSR count). The van der Waals surface area contributed by atoms with E-state index >= 15 is 0 Å². The van der Waals surface area contributed by atoms with Gasteiger partial charge in [-0.2, -0.15) is 0 Å². The maximum atomic E-state index is 10.7. The third kappa shape index (κ3) is 6.84. The van der Waals surface area contributed by atoms with Crippen LogP contribution in [0.3, 0.4) is 0 Å². The molecule has 0 aliphatic heterocycles. The van der Waals surface area contributed by atoms with E-state index in [0.717, 1.165) is 12.8 Å². The van der Waals surface area contributed by atoms with E-state index in [1.807, 2.05) is 13.8 Å². The molecule has 0 bridgehead atoms. The van der Waals surface area contributed by atoms with Crippen molar-refractivity contribution in [2.45, 2.75) is 26.7 Å². The lowest BCUT2D eigenvalue weighted by Gasteiger charge is -1.90. The van der Waals surface area contributed by atoms with Gasteiger partial charge in [-0.25, -0.2) is 4.79 Å². The highest BCUT2D eigenvalue weighted by Gasteiger charge is 1.89. The van der Waals surface area contributed by atoms with Crippen LogP contribution in [-0.2, 0) is 9.53 Å². The Hall–Kier alpha value is -1.05. The fourth-order valence-electron chi connectivity index (χ4n) is 0.465. The minimum atomic E-state index is -0.309. The predicted molar refractivity (Wildman–Crippen MR) is 45.0 cm³/mol. The Labute approximate surface area is 67.6 Å². The number of allylic oxidation sites excluding steroid dienone is 2. The van der Waals surface area contributed by atoms with E-state index in [1.165, 1.54) is 12.3 Å². The zero-order valence-electron chi connectivity index (χ0n) is 7.04. The molecule has 2 nitrogen and oxygen atoms in total. The average Bonchev–Trinajstić information content (AvgIpc) is 2.01. The summed E-state index contributed by atoms with van der Waals surface area (Å²) >= 11 is 0. The zero-order valence-corrected chi connectivity index (χ0v) is 7.04. The molecular weight excluding hydrogens is 140 g/mol. The van der Waals surface area contributed by atoms with Crippen LogP contribution in [0.15, 0.2) is 24.5 Å². The number of rotatable bonds is 4. The fourth-order valence-corrected chi connectivity index (χ4v) is 0.465. The van der Waals surface area contributed by atoms with Crippen LogP contribution in [0, 0.1) is 0 Å². The summed E-state index contributed by atoms with van der Waals surface area (Å²) in [5, 5.41) is 0. The van der Waals surface area contributed by atoms with Gasteiger partial charge in [-0.1, -0.05) is 19.9 Å². The van der Waals surface area contributed by atoms with Crippen LogP contribution in [-0.4, -0.2) is 5.97 Å². The van der Waals surface area contributed by atoms with E-state index in [0.29, 0.717) is 0 Å². The van der Waals surface area contributed by atoms with Gasteiger partial charge in [0.15, 0.2) is 0 Å². The highest BCUT2D eigenvalue weighted by atomic mass is 16.5. The fraction of sp³-hybridized carbons (Fsp3) is 0.444. The summed E-state index contributed by atoms with van der Waals surface area (Å²) < 4.78 is 4.68. The van der Waals surface area contributed by atoms with Crippen molar-refractivity contribution >= 4 is 5.97 Å². The smallest absolute Gasteiger partial charge is 0.335 e. The van der Waals surface area contributed by atoms with Crippen LogP contribution in [0.1, 0.15) is 26.7 Å². The summed E-state index contributed by atoms with van der Waals surface area (Å²) in [6.45, 7) is 3.94. The van der Waals surface area contributed by atoms with Gasteiger partial charge in [0.1, 0.15) is 0 Å². The Morgan fingerprint density at radius 3 is 2.45 bits per heavy atom. The van der Waals surface area contributed by atoms with Crippen LogP contribution in [0.25, 0.3) is 0 Å². The van der Waals surface area contributed by atoms with Crippen molar-refractivity contribution in [3.05, 3.63) is 24.5 Å². The highest BCUT2D eigenvalue weighted by molar-refractivity contribution is 5.82. The molecule has 0 aromatic rings. The summed E-state index contributed by atoms with van der Waals surface area (Å²) in [4.78, 5) is 10.7. The molecule has 0 spiro atoms. The summed E-state index contributed by atoms with van der Waals surface area (Å²) in [6, 6.07) is 0. The van der Waals surface area contributed by atoms with Crippen molar-refractivity contribution < 1.29 is 9.53 Å². The second-order valence-corrected chi connectivity index (χ2v) is 2.03. The quantitative estimate of drug-likeness (QED) is 0.353. The molecule has 0 heterocycles. The van der Waals surface area contributed by atoms with Gasteiger partial charge in [-0.15, -0.1) is 0 Å². The normalized spacial score (nSPS) is 11.1. The molecule has 62 valence electrons. The average molecular weight is 154 g/mol. The summed E-state index contributed by atoms with van der Waals surface area (Å²) in [6.07, 6.45) is 8.14. The highest BCUT2D eigenvalue weighted by Crippen LogP contribution is 1.87. The van der Waals surface area contributed by atoms with Gasteiger partial charge in [-0.3, -0.25) is 0 Å². The van der Waals surface area contributed by atoms with Crippen molar-refractivity contribution in [3.63, 3.8) is 0 Å². The van der Waals surface area contributed by atoms with Gasteiger partial charge >= 0.3 is 5.97 Å². The van der Waals surface area contributed by atoms with Crippen LogP contribution < -0.4 is 0 Å². The number of ether oxygens (including phenoxy) is 1. The van der Waals surface area contributed by atoms with Gasteiger partial charge in [0.2, 0.25) is 0 Å². The van der Waals surface area contributed by atoms with Crippen molar-refractivity contribution in [1.29, 1.82) is 0 Å². The minimum absolute atomic E-state index is 0.309. The number of carbonyl (C=O) groups excluding carboxylic acids is 1. The van der Waals surface area contributed by atoms with Gasteiger partial charge in [0.25, 0.3) is 0 Å². The Kier molecular flexibility index (Phi) is 6.39. The van der Waals surface area contributed by atoms with E-state index in [2.05, 4.69) is 4.74 Å². The summed E-state index contributed by atoms with van der Waals surface area (Å²) in [7, 11) is 0. The number of hydrogen-bond acceptors (Lipinski definition) is 2. The Morgan fingerprint density at radius 2 is 1.91 bits per heavy atom. The first-order valence-electron chi connectivity index (χ1n) is 3.83. The molecule has 0 fully saturated rings. The predicted octanol–water partition coefficient (Wildman–Crippen LogP) is 2.42. The van der Waals surface area contributed by atoms with E-state index in [1.54, 1.807) is 12.2 Å². The zero-order chi connectivity index (χ0) is 8.53.